The van der Waals surface area contributed by atoms with Gasteiger partial charge in [0.1, 0.15) is 5.82 Å². The molecule has 1 N–H and O–H groups in total. The summed E-state index contributed by atoms with van der Waals surface area (Å²) >= 11 is 0. The van der Waals surface area contributed by atoms with E-state index >= 15 is 0 Å². The molecule has 0 radical (unpaired) electrons. The average Bonchev–Trinajstić information content (AvgIpc) is 2.75. The third-order valence-electron chi connectivity index (χ3n) is 3.92. The van der Waals surface area contributed by atoms with Crippen LogP contribution in [0.5, 0.6) is 0 Å². The van der Waals surface area contributed by atoms with Crippen LogP contribution < -0.4 is 5.32 Å². The highest BCUT2D eigenvalue weighted by molar-refractivity contribution is 7.91. The molecule has 1 saturated heterocycles. The van der Waals surface area contributed by atoms with E-state index < -0.39 is 9.84 Å². The van der Waals surface area contributed by atoms with E-state index in [1.807, 2.05) is 18.2 Å². The first-order valence-corrected chi connectivity index (χ1v) is 9.18. The second kappa shape index (κ2) is 5.42. The quantitative estimate of drug-likeness (QED) is 0.934. The number of aromatic nitrogens is 2. The smallest absolute Gasteiger partial charge is 0.153 e. The van der Waals surface area contributed by atoms with Gasteiger partial charge in [-0.3, -0.25) is 0 Å². The first-order valence-electron chi connectivity index (χ1n) is 7.36. The second-order valence-corrected chi connectivity index (χ2v) is 8.18. The maximum Gasteiger partial charge on any atom is 0.153 e. The minimum atomic E-state index is -2.91. The summed E-state index contributed by atoms with van der Waals surface area (Å²) in [5.74, 6) is 1.40. The van der Waals surface area contributed by atoms with Crippen LogP contribution in [0.3, 0.4) is 0 Å². The highest BCUT2D eigenvalue weighted by Gasteiger charge is 2.26. The van der Waals surface area contributed by atoms with E-state index in [1.54, 1.807) is 0 Å². The summed E-state index contributed by atoms with van der Waals surface area (Å²) in [4.78, 5) is 4.70. The van der Waals surface area contributed by atoms with Gasteiger partial charge in [0.05, 0.1) is 22.5 Å². The molecule has 1 aromatic heterocycles. The molecule has 0 amide bonds. The SMILES string of the molecule is CC(C)n1c(CC2CS(=O)(=O)CCN2)nc2ccccc21. The molecule has 1 aliphatic heterocycles. The number of para-hydroxylation sites is 2. The zero-order valence-electron chi connectivity index (χ0n) is 12.4. The predicted molar refractivity (Wildman–Crippen MR) is 84.3 cm³/mol. The Hall–Kier alpha value is -1.40. The van der Waals surface area contributed by atoms with Crippen LogP contribution in [-0.2, 0) is 16.3 Å². The Balaban J connectivity index is 1.95. The number of imidazole rings is 1. The van der Waals surface area contributed by atoms with Crippen LogP contribution in [0, 0.1) is 0 Å². The molecule has 5 nitrogen and oxygen atoms in total. The third-order valence-corrected chi connectivity index (χ3v) is 5.65. The number of nitrogens with one attached hydrogen (secondary N) is 1. The Labute approximate surface area is 125 Å². The van der Waals surface area contributed by atoms with Crippen LogP contribution >= 0.6 is 0 Å². The number of hydrogen-bond acceptors (Lipinski definition) is 4. The fraction of sp³-hybridized carbons (Fsp3) is 0.533. The van der Waals surface area contributed by atoms with Crippen molar-refractivity contribution in [3.05, 3.63) is 30.1 Å². The molecule has 1 fully saturated rings. The number of rotatable bonds is 3. The average molecular weight is 307 g/mol. The maximum atomic E-state index is 11.8. The van der Waals surface area contributed by atoms with Crippen molar-refractivity contribution in [2.45, 2.75) is 32.4 Å². The summed E-state index contributed by atoms with van der Waals surface area (Å²) in [6, 6.07) is 8.31. The van der Waals surface area contributed by atoms with Gasteiger partial charge in [0, 0.05) is 25.0 Å². The standard InChI is InChI=1S/C15H21N3O2S/c1-11(2)18-14-6-4-3-5-13(14)17-15(18)9-12-10-21(19,20)8-7-16-12/h3-6,11-12,16H,7-10H2,1-2H3. The lowest BCUT2D eigenvalue weighted by Crippen LogP contribution is -2.46. The van der Waals surface area contributed by atoms with E-state index in [9.17, 15) is 8.42 Å². The van der Waals surface area contributed by atoms with E-state index in [0.717, 1.165) is 16.9 Å². The van der Waals surface area contributed by atoms with E-state index in [4.69, 9.17) is 4.98 Å². The largest absolute Gasteiger partial charge is 0.325 e. The highest BCUT2D eigenvalue weighted by atomic mass is 32.2. The van der Waals surface area contributed by atoms with Crippen molar-refractivity contribution >= 4 is 20.9 Å². The molecule has 6 heteroatoms. The molecule has 1 aliphatic rings. The Morgan fingerprint density at radius 3 is 2.86 bits per heavy atom. The van der Waals surface area contributed by atoms with Gasteiger partial charge in [-0.2, -0.15) is 0 Å². The van der Waals surface area contributed by atoms with Gasteiger partial charge >= 0.3 is 0 Å². The Morgan fingerprint density at radius 2 is 2.14 bits per heavy atom. The van der Waals surface area contributed by atoms with Gasteiger partial charge in [-0.05, 0) is 26.0 Å². The molecule has 2 aromatic rings. The fourth-order valence-electron chi connectivity index (χ4n) is 3.03. The van der Waals surface area contributed by atoms with Gasteiger partial charge in [0.15, 0.2) is 9.84 Å². The summed E-state index contributed by atoms with van der Waals surface area (Å²) in [5.41, 5.74) is 2.08. The monoisotopic (exact) mass is 307 g/mol. The van der Waals surface area contributed by atoms with Crippen LogP contribution in [-0.4, -0.2) is 42.1 Å². The molecule has 1 aromatic carbocycles. The highest BCUT2D eigenvalue weighted by Crippen LogP contribution is 2.22. The second-order valence-electron chi connectivity index (χ2n) is 5.95. The number of hydrogen-bond donors (Lipinski definition) is 1. The normalized spacial score (nSPS) is 22.0. The molecule has 0 bridgehead atoms. The van der Waals surface area contributed by atoms with Crippen molar-refractivity contribution in [1.82, 2.24) is 14.9 Å². The number of nitrogens with zero attached hydrogens (tertiary/aromatic N) is 2. The summed E-state index contributed by atoms with van der Waals surface area (Å²) < 4.78 is 25.8. The van der Waals surface area contributed by atoms with Crippen LogP contribution in [0.2, 0.25) is 0 Å². The first-order chi connectivity index (χ1) is 9.96. The van der Waals surface area contributed by atoms with Crippen molar-refractivity contribution in [3.8, 4) is 0 Å². The Bertz CT molecular complexity index is 749. The lowest BCUT2D eigenvalue weighted by molar-refractivity contribution is 0.491. The maximum absolute atomic E-state index is 11.8. The molecular weight excluding hydrogens is 286 g/mol. The van der Waals surface area contributed by atoms with Gasteiger partial charge in [-0.15, -0.1) is 0 Å². The van der Waals surface area contributed by atoms with Gasteiger partial charge in [-0.25, -0.2) is 13.4 Å². The van der Waals surface area contributed by atoms with E-state index in [0.29, 0.717) is 19.0 Å². The zero-order valence-corrected chi connectivity index (χ0v) is 13.2. The molecule has 2 heterocycles. The van der Waals surface area contributed by atoms with Gasteiger partial charge < -0.3 is 9.88 Å². The van der Waals surface area contributed by atoms with Crippen molar-refractivity contribution in [2.24, 2.45) is 0 Å². The number of benzene rings is 1. The summed E-state index contributed by atoms with van der Waals surface area (Å²) in [6.45, 7) is 4.79. The van der Waals surface area contributed by atoms with Crippen molar-refractivity contribution in [1.29, 1.82) is 0 Å². The number of sulfone groups is 1. The molecule has 0 saturated carbocycles. The fourth-order valence-corrected chi connectivity index (χ4v) is 4.48. The Morgan fingerprint density at radius 1 is 1.38 bits per heavy atom. The van der Waals surface area contributed by atoms with Crippen molar-refractivity contribution in [2.75, 3.05) is 18.1 Å². The number of fused-ring (bicyclic) bond motifs is 1. The first kappa shape index (κ1) is 14.5. The summed E-state index contributed by atoms with van der Waals surface area (Å²) in [6.07, 6.45) is 0.645. The zero-order chi connectivity index (χ0) is 15.0. The minimum Gasteiger partial charge on any atom is -0.325 e. The van der Waals surface area contributed by atoms with Crippen LogP contribution in [0.4, 0.5) is 0 Å². The molecule has 0 spiro atoms. The van der Waals surface area contributed by atoms with Gasteiger partial charge in [-0.1, -0.05) is 12.1 Å². The molecule has 0 aliphatic carbocycles. The molecule has 114 valence electrons. The molecule has 1 unspecified atom stereocenters. The summed E-state index contributed by atoms with van der Waals surface area (Å²) in [7, 11) is -2.91. The topological polar surface area (TPSA) is 64.0 Å². The minimum absolute atomic E-state index is 0.0435. The van der Waals surface area contributed by atoms with Crippen LogP contribution in [0.1, 0.15) is 25.7 Å². The third kappa shape index (κ3) is 2.96. The molecular formula is C15H21N3O2S. The van der Waals surface area contributed by atoms with E-state index in [2.05, 4.69) is 29.8 Å². The lowest BCUT2D eigenvalue weighted by atomic mass is 10.2. The van der Waals surface area contributed by atoms with Crippen LogP contribution in [0.15, 0.2) is 24.3 Å². The van der Waals surface area contributed by atoms with Crippen molar-refractivity contribution < 1.29 is 8.42 Å². The van der Waals surface area contributed by atoms with Gasteiger partial charge in [0.25, 0.3) is 0 Å². The lowest BCUT2D eigenvalue weighted by Gasteiger charge is -2.24. The van der Waals surface area contributed by atoms with E-state index in [-0.39, 0.29) is 17.5 Å². The van der Waals surface area contributed by atoms with Gasteiger partial charge in [0.2, 0.25) is 0 Å². The summed E-state index contributed by atoms with van der Waals surface area (Å²) in [5, 5.41) is 3.30. The predicted octanol–water partition coefficient (Wildman–Crippen LogP) is 1.55. The molecule has 3 rings (SSSR count). The Kier molecular flexibility index (Phi) is 3.75. The molecule has 21 heavy (non-hydrogen) atoms. The van der Waals surface area contributed by atoms with E-state index in [1.165, 1.54) is 0 Å². The molecule has 1 atom stereocenters. The van der Waals surface area contributed by atoms with Crippen LogP contribution in [0.25, 0.3) is 11.0 Å². The van der Waals surface area contributed by atoms with Crippen molar-refractivity contribution in [3.63, 3.8) is 0 Å².